The zero-order valence-electron chi connectivity index (χ0n) is 15.1. The first kappa shape index (κ1) is 17.3. The Hall–Kier alpha value is -2.10. The summed E-state index contributed by atoms with van der Waals surface area (Å²) in [4.78, 5) is 0. The fourth-order valence-electron chi connectivity index (χ4n) is 3.59. The number of hydrogen-bond acceptors (Lipinski definition) is 4. The maximum absolute atomic E-state index is 6.19. The van der Waals surface area contributed by atoms with Gasteiger partial charge in [-0.1, -0.05) is 0 Å². The summed E-state index contributed by atoms with van der Waals surface area (Å²) >= 11 is 2.56. The molecule has 0 aromatic heterocycles. The first-order valence-corrected chi connectivity index (χ1v) is 9.35. The molecule has 0 saturated heterocycles. The molecule has 2 aliphatic heterocycles. The molecule has 1 unspecified atom stereocenters. The van der Waals surface area contributed by atoms with Crippen molar-refractivity contribution in [2.24, 2.45) is 0 Å². The molecule has 5 heteroatoms. The van der Waals surface area contributed by atoms with Gasteiger partial charge in [-0.25, -0.2) is 0 Å². The van der Waals surface area contributed by atoms with Gasteiger partial charge in [-0.3, -0.25) is 0 Å². The summed E-state index contributed by atoms with van der Waals surface area (Å²) in [7, 11) is 1.68. The average Bonchev–Trinajstić information content (AvgIpc) is 2.65. The van der Waals surface area contributed by atoms with Gasteiger partial charge in [0.1, 0.15) is 5.60 Å². The van der Waals surface area contributed by atoms with Crippen LogP contribution in [0.1, 0.15) is 36.5 Å². The van der Waals surface area contributed by atoms with Gasteiger partial charge >= 0.3 is 143 Å². The Bertz CT molecular complexity index is 873. The Morgan fingerprint density at radius 2 is 2.04 bits per heavy atom. The summed E-state index contributed by atoms with van der Waals surface area (Å²) in [6, 6.07) is 10.0. The van der Waals surface area contributed by atoms with E-state index < -0.39 is 0 Å². The molecule has 1 radical (unpaired) electrons. The molecular formula is C21H21O4Se. The minimum atomic E-state index is -0.285. The minimum absolute atomic E-state index is 0.232. The molecule has 0 saturated carbocycles. The zero-order chi connectivity index (χ0) is 18.3. The van der Waals surface area contributed by atoms with Gasteiger partial charge in [-0.05, 0) is 13.8 Å². The van der Waals surface area contributed by atoms with E-state index in [-0.39, 0.29) is 11.5 Å². The predicted molar refractivity (Wildman–Crippen MR) is 101 cm³/mol. The Balaban J connectivity index is 1.66. The van der Waals surface area contributed by atoms with Crippen LogP contribution in [0, 0.1) is 0 Å². The first-order valence-electron chi connectivity index (χ1n) is 8.65. The monoisotopic (exact) mass is 417 g/mol. The van der Waals surface area contributed by atoms with Crippen LogP contribution in [0.3, 0.4) is 0 Å². The van der Waals surface area contributed by atoms with Gasteiger partial charge in [-0.2, -0.15) is 0 Å². The molecule has 26 heavy (non-hydrogen) atoms. The number of methoxy groups -OCH3 is 1. The third-order valence-electron chi connectivity index (χ3n) is 4.90. The van der Waals surface area contributed by atoms with Crippen molar-refractivity contribution in [1.82, 2.24) is 0 Å². The van der Waals surface area contributed by atoms with E-state index in [9.17, 15) is 0 Å². The van der Waals surface area contributed by atoms with E-state index in [0.717, 1.165) is 40.5 Å². The summed E-state index contributed by atoms with van der Waals surface area (Å²) < 4.78 is 23.0. The van der Waals surface area contributed by atoms with Crippen LogP contribution < -0.4 is 18.0 Å². The normalized spacial score (nSPS) is 19.6. The van der Waals surface area contributed by atoms with Crippen molar-refractivity contribution in [2.45, 2.75) is 31.8 Å². The van der Waals surface area contributed by atoms with Crippen LogP contribution in [0.5, 0.6) is 23.0 Å². The summed E-state index contributed by atoms with van der Waals surface area (Å²) in [6.07, 6.45) is 5.09. The molecule has 0 spiro atoms. The molecule has 0 bridgehead atoms. The first-order chi connectivity index (χ1) is 12.5. The van der Waals surface area contributed by atoms with Gasteiger partial charge < -0.3 is 0 Å². The van der Waals surface area contributed by atoms with Crippen molar-refractivity contribution >= 4 is 22.4 Å². The van der Waals surface area contributed by atoms with Gasteiger partial charge in [0.05, 0.1) is 0 Å². The SMILES string of the molecule is COc1cc(O[Se])ccc1C1COc2c(ccc3c2C=CC(C)(C)O3)C1. The van der Waals surface area contributed by atoms with E-state index >= 15 is 0 Å². The third kappa shape index (κ3) is 3.06. The fraction of sp³-hybridized carbons (Fsp3) is 0.333. The van der Waals surface area contributed by atoms with Crippen LogP contribution in [-0.2, 0) is 6.42 Å². The van der Waals surface area contributed by atoms with Crippen LogP contribution in [0.4, 0.5) is 0 Å². The Kier molecular flexibility index (Phi) is 4.37. The van der Waals surface area contributed by atoms with E-state index in [1.165, 1.54) is 5.56 Å². The standard InChI is InChI=1S/C21H21O4Se/c1-21(2)9-8-17-18(24-21)7-4-13-10-14(12-23-20(13)17)16-6-5-15(25-26)11-19(16)22-3/h4-9,11,14H,10,12H2,1-3H3. The van der Waals surface area contributed by atoms with Gasteiger partial charge in [0.15, 0.2) is 0 Å². The van der Waals surface area contributed by atoms with Gasteiger partial charge in [0.25, 0.3) is 0 Å². The Morgan fingerprint density at radius 1 is 1.19 bits per heavy atom. The molecule has 0 fully saturated rings. The fourth-order valence-corrected chi connectivity index (χ4v) is 3.81. The molecule has 4 rings (SSSR count). The average molecular weight is 416 g/mol. The predicted octanol–water partition coefficient (Wildman–Crippen LogP) is 4.06. The van der Waals surface area contributed by atoms with Crippen molar-refractivity contribution in [3.05, 3.63) is 53.1 Å². The van der Waals surface area contributed by atoms with Crippen molar-refractivity contribution in [3.8, 4) is 23.0 Å². The zero-order valence-corrected chi connectivity index (χ0v) is 16.8. The molecule has 2 aromatic rings. The molecule has 2 aliphatic rings. The van der Waals surface area contributed by atoms with Crippen LogP contribution in [0.25, 0.3) is 6.08 Å². The van der Waals surface area contributed by atoms with E-state index in [0.29, 0.717) is 6.61 Å². The quantitative estimate of drug-likeness (QED) is 0.708. The van der Waals surface area contributed by atoms with E-state index in [1.807, 2.05) is 18.2 Å². The summed E-state index contributed by atoms with van der Waals surface area (Å²) in [5.74, 6) is 3.61. The van der Waals surface area contributed by atoms with Crippen LogP contribution >= 0.6 is 0 Å². The number of fused-ring (bicyclic) bond motifs is 3. The molecule has 0 amide bonds. The summed E-state index contributed by atoms with van der Waals surface area (Å²) in [5, 5.41) is 0. The molecule has 0 N–H and O–H groups in total. The second-order valence-electron chi connectivity index (χ2n) is 7.20. The summed E-state index contributed by atoms with van der Waals surface area (Å²) in [6.45, 7) is 4.71. The van der Waals surface area contributed by atoms with Crippen LogP contribution in [0.15, 0.2) is 36.4 Å². The number of benzene rings is 2. The second kappa shape index (κ2) is 6.57. The van der Waals surface area contributed by atoms with Gasteiger partial charge in [-0.15, -0.1) is 0 Å². The molecular weight excluding hydrogens is 395 g/mol. The number of ether oxygens (including phenoxy) is 3. The molecule has 135 valence electrons. The van der Waals surface area contributed by atoms with Crippen LogP contribution in [-0.4, -0.2) is 35.7 Å². The van der Waals surface area contributed by atoms with Gasteiger partial charge in [0, 0.05) is 0 Å². The molecule has 0 aliphatic carbocycles. The Labute approximate surface area is 162 Å². The second-order valence-corrected chi connectivity index (χ2v) is 7.55. The maximum atomic E-state index is 6.19. The molecule has 1 atom stereocenters. The van der Waals surface area contributed by atoms with E-state index in [1.54, 1.807) is 7.11 Å². The summed E-state index contributed by atoms with van der Waals surface area (Å²) in [5.41, 5.74) is 3.08. The number of hydrogen-bond donors (Lipinski definition) is 0. The topological polar surface area (TPSA) is 36.9 Å². The molecule has 4 nitrogen and oxygen atoms in total. The van der Waals surface area contributed by atoms with Crippen molar-refractivity contribution in [3.63, 3.8) is 0 Å². The van der Waals surface area contributed by atoms with Gasteiger partial charge in [0.2, 0.25) is 0 Å². The van der Waals surface area contributed by atoms with Crippen molar-refractivity contribution in [1.29, 1.82) is 0 Å². The van der Waals surface area contributed by atoms with Crippen LogP contribution in [0.2, 0.25) is 0 Å². The Morgan fingerprint density at radius 3 is 2.81 bits per heavy atom. The van der Waals surface area contributed by atoms with E-state index in [2.05, 4.69) is 54.5 Å². The third-order valence-corrected chi connectivity index (χ3v) is 5.30. The van der Waals surface area contributed by atoms with Crippen molar-refractivity contribution < 1.29 is 18.0 Å². The molecule has 2 heterocycles. The number of rotatable bonds is 3. The van der Waals surface area contributed by atoms with E-state index in [4.69, 9.17) is 18.0 Å². The molecule has 2 aromatic carbocycles. The van der Waals surface area contributed by atoms with Crippen molar-refractivity contribution in [2.75, 3.05) is 13.7 Å².